The molecule has 3 rings (SSSR count). The van der Waals surface area contributed by atoms with Crippen LogP contribution in [-0.2, 0) is 6.54 Å². The van der Waals surface area contributed by atoms with Crippen LogP contribution in [0.4, 0.5) is 5.69 Å². The van der Waals surface area contributed by atoms with Crippen molar-refractivity contribution in [2.24, 2.45) is 0 Å². The molecule has 3 heteroatoms. The molecule has 0 saturated heterocycles. The first kappa shape index (κ1) is 13.7. The van der Waals surface area contributed by atoms with Gasteiger partial charge >= 0.3 is 0 Å². The molecular weight excluding hydrogens is 258 g/mol. The lowest BCUT2D eigenvalue weighted by molar-refractivity contribution is 0.866. The quantitative estimate of drug-likeness (QED) is 0.768. The van der Waals surface area contributed by atoms with Crippen LogP contribution in [0.15, 0.2) is 48.7 Å². The lowest BCUT2D eigenvalue weighted by Crippen LogP contribution is -2.04. The van der Waals surface area contributed by atoms with Gasteiger partial charge in [-0.25, -0.2) is 4.98 Å². The lowest BCUT2D eigenvalue weighted by atomic mass is 10.0. The molecule has 3 aromatic rings. The Morgan fingerprint density at radius 2 is 1.86 bits per heavy atom. The first-order valence-corrected chi connectivity index (χ1v) is 7.41. The minimum atomic E-state index is 0.570. The summed E-state index contributed by atoms with van der Waals surface area (Å²) in [6.07, 6.45) is 2.06. The summed E-state index contributed by atoms with van der Waals surface area (Å²) in [6.45, 7) is 7.26. The molecule has 0 bridgehead atoms. The normalized spacial score (nSPS) is 11.2. The summed E-state index contributed by atoms with van der Waals surface area (Å²) in [4.78, 5) is 4.59. The number of benzene rings is 1. The first-order valence-electron chi connectivity index (χ1n) is 7.41. The zero-order valence-electron chi connectivity index (χ0n) is 12.8. The fourth-order valence-electron chi connectivity index (χ4n) is 2.55. The first-order chi connectivity index (χ1) is 10.1. The maximum atomic E-state index is 4.59. The van der Waals surface area contributed by atoms with Crippen LogP contribution in [0.2, 0.25) is 0 Å². The van der Waals surface area contributed by atoms with E-state index in [1.54, 1.807) is 0 Å². The number of rotatable bonds is 4. The number of hydrogen-bond acceptors (Lipinski definition) is 2. The predicted molar refractivity (Wildman–Crippen MR) is 87.8 cm³/mol. The molecule has 1 aromatic carbocycles. The van der Waals surface area contributed by atoms with Crippen molar-refractivity contribution in [3.8, 4) is 0 Å². The Bertz CT molecular complexity index is 739. The van der Waals surface area contributed by atoms with Gasteiger partial charge in [0.2, 0.25) is 0 Å². The van der Waals surface area contributed by atoms with E-state index in [0.29, 0.717) is 5.92 Å². The molecule has 0 atom stereocenters. The number of nitrogens with zero attached hydrogens (tertiary/aromatic N) is 2. The lowest BCUT2D eigenvalue weighted by Gasteiger charge is -2.10. The summed E-state index contributed by atoms with van der Waals surface area (Å²) >= 11 is 0. The number of imidazole rings is 1. The van der Waals surface area contributed by atoms with Crippen molar-refractivity contribution in [3.05, 3.63) is 65.6 Å². The second kappa shape index (κ2) is 5.60. The largest absolute Gasteiger partial charge is 0.379 e. The van der Waals surface area contributed by atoms with Gasteiger partial charge in [0.15, 0.2) is 0 Å². The molecule has 2 heterocycles. The van der Waals surface area contributed by atoms with Crippen LogP contribution >= 0.6 is 0 Å². The van der Waals surface area contributed by atoms with Gasteiger partial charge in [-0.2, -0.15) is 0 Å². The van der Waals surface area contributed by atoms with Crippen LogP contribution < -0.4 is 5.32 Å². The Morgan fingerprint density at radius 3 is 2.57 bits per heavy atom. The zero-order valence-corrected chi connectivity index (χ0v) is 12.8. The minimum absolute atomic E-state index is 0.570. The molecule has 0 radical (unpaired) electrons. The number of anilines is 1. The van der Waals surface area contributed by atoms with Crippen molar-refractivity contribution in [2.75, 3.05) is 5.32 Å². The highest BCUT2D eigenvalue weighted by Crippen LogP contribution is 2.18. The average Bonchev–Trinajstić information content (AvgIpc) is 2.81. The third kappa shape index (κ3) is 2.77. The molecule has 0 spiro atoms. The summed E-state index contributed by atoms with van der Waals surface area (Å²) in [5.41, 5.74) is 5.80. The summed E-state index contributed by atoms with van der Waals surface area (Å²) in [7, 11) is 0. The average molecular weight is 279 g/mol. The summed E-state index contributed by atoms with van der Waals surface area (Å²) in [5, 5.41) is 3.49. The summed E-state index contributed by atoms with van der Waals surface area (Å²) in [5.74, 6) is 0.570. The number of aryl methyl sites for hydroxylation is 1. The van der Waals surface area contributed by atoms with Crippen molar-refractivity contribution < 1.29 is 0 Å². The van der Waals surface area contributed by atoms with Gasteiger partial charge in [-0.3, -0.25) is 0 Å². The number of hydrogen-bond donors (Lipinski definition) is 1. The maximum Gasteiger partial charge on any atom is 0.137 e. The van der Waals surface area contributed by atoms with Gasteiger partial charge in [0.1, 0.15) is 5.65 Å². The van der Waals surface area contributed by atoms with Crippen LogP contribution in [0.5, 0.6) is 0 Å². The molecule has 0 aliphatic carbocycles. The Hall–Kier alpha value is -2.29. The van der Waals surface area contributed by atoms with E-state index in [0.717, 1.165) is 23.6 Å². The number of nitrogens with one attached hydrogen (secondary N) is 1. The zero-order chi connectivity index (χ0) is 14.8. The van der Waals surface area contributed by atoms with Gasteiger partial charge in [-0.05, 0) is 42.7 Å². The standard InChI is InChI=1S/C18H21N3/c1-13(2)15-7-9-16(10-8-15)19-12-17-14(3)20-18-6-4-5-11-21(17)18/h4-11,13,19H,12H2,1-3H3. The van der Waals surface area contributed by atoms with E-state index >= 15 is 0 Å². The summed E-state index contributed by atoms with van der Waals surface area (Å²) < 4.78 is 2.14. The molecule has 108 valence electrons. The van der Waals surface area contributed by atoms with Crippen molar-refractivity contribution in [3.63, 3.8) is 0 Å². The molecule has 0 aliphatic rings. The van der Waals surface area contributed by atoms with E-state index in [1.165, 1.54) is 11.3 Å². The van der Waals surface area contributed by atoms with Crippen molar-refractivity contribution in [1.29, 1.82) is 0 Å². The van der Waals surface area contributed by atoms with Gasteiger partial charge in [-0.1, -0.05) is 32.0 Å². The van der Waals surface area contributed by atoms with Crippen molar-refractivity contribution in [1.82, 2.24) is 9.38 Å². The molecular formula is C18H21N3. The van der Waals surface area contributed by atoms with Gasteiger partial charge in [0.05, 0.1) is 17.9 Å². The Morgan fingerprint density at radius 1 is 1.10 bits per heavy atom. The van der Waals surface area contributed by atoms with Crippen LogP contribution in [0.1, 0.15) is 36.7 Å². The molecule has 0 saturated carbocycles. The van der Waals surface area contributed by atoms with Crippen LogP contribution in [0.25, 0.3) is 5.65 Å². The monoisotopic (exact) mass is 279 g/mol. The van der Waals surface area contributed by atoms with E-state index in [-0.39, 0.29) is 0 Å². The van der Waals surface area contributed by atoms with E-state index in [2.05, 4.69) is 65.9 Å². The fourth-order valence-corrected chi connectivity index (χ4v) is 2.55. The van der Waals surface area contributed by atoms with E-state index in [9.17, 15) is 0 Å². The molecule has 0 unspecified atom stereocenters. The SMILES string of the molecule is Cc1nc2ccccn2c1CNc1ccc(C(C)C)cc1. The topological polar surface area (TPSA) is 29.3 Å². The number of fused-ring (bicyclic) bond motifs is 1. The Balaban J connectivity index is 1.78. The molecule has 1 N–H and O–H groups in total. The van der Waals surface area contributed by atoms with E-state index in [4.69, 9.17) is 0 Å². The maximum absolute atomic E-state index is 4.59. The van der Waals surface area contributed by atoms with Crippen LogP contribution in [-0.4, -0.2) is 9.38 Å². The molecule has 0 fully saturated rings. The molecule has 2 aromatic heterocycles. The van der Waals surface area contributed by atoms with Crippen LogP contribution in [0, 0.1) is 6.92 Å². The van der Waals surface area contributed by atoms with Crippen LogP contribution in [0.3, 0.4) is 0 Å². The predicted octanol–water partition coefficient (Wildman–Crippen LogP) is 4.38. The second-order valence-electron chi connectivity index (χ2n) is 5.70. The van der Waals surface area contributed by atoms with Gasteiger partial charge < -0.3 is 9.72 Å². The third-order valence-corrected chi connectivity index (χ3v) is 3.87. The Labute approximate surface area is 125 Å². The van der Waals surface area contributed by atoms with Crippen molar-refractivity contribution >= 4 is 11.3 Å². The second-order valence-corrected chi connectivity index (χ2v) is 5.70. The molecule has 21 heavy (non-hydrogen) atoms. The van der Waals surface area contributed by atoms with Gasteiger partial charge in [0.25, 0.3) is 0 Å². The van der Waals surface area contributed by atoms with E-state index < -0.39 is 0 Å². The molecule has 0 amide bonds. The molecule has 0 aliphatic heterocycles. The molecule has 3 nitrogen and oxygen atoms in total. The number of aromatic nitrogens is 2. The van der Waals surface area contributed by atoms with Gasteiger partial charge in [-0.15, -0.1) is 0 Å². The summed E-state index contributed by atoms with van der Waals surface area (Å²) in [6, 6.07) is 14.8. The number of pyridine rings is 1. The third-order valence-electron chi connectivity index (χ3n) is 3.87. The fraction of sp³-hybridized carbons (Fsp3) is 0.278. The smallest absolute Gasteiger partial charge is 0.137 e. The highest BCUT2D eigenvalue weighted by atomic mass is 15.0. The highest BCUT2D eigenvalue weighted by molar-refractivity contribution is 5.47. The minimum Gasteiger partial charge on any atom is -0.379 e. The Kier molecular flexibility index (Phi) is 3.65. The van der Waals surface area contributed by atoms with E-state index in [1.807, 2.05) is 18.2 Å². The van der Waals surface area contributed by atoms with Crippen molar-refractivity contribution in [2.45, 2.75) is 33.2 Å². The highest BCUT2D eigenvalue weighted by Gasteiger charge is 2.07. The van der Waals surface area contributed by atoms with Gasteiger partial charge in [0, 0.05) is 11.9 Å².